The second-order valence-corrected chi connectivity index (χ2v) is 18.1. The first-order valence-corrected chi connectivity index (χ1v) is 21.3. The molecule has 17 heteroatoms. The monoisotopic (exact) mass is 849 g/mol. The zero-order valence-electron chi connectivity index (χ0n) is 37.1. The lowest BCUT2D eigenvalue weighted by molar-refractivity contribution is -0.302. The highest BCUT2D eigenvalue weighted by Crippen LogP contribution is 2.44. The summed E-state index contributed by atoms with van der Waals surface area (Å²) in [5.41, 5.74) is 8.71. The molecular formula is C43H69FN6O10. The standard InChI is InChI=1S/C43H69FN6O10/c1-12-32-43(8)35(50(40(55)60-43)19-14-13-18-49-23-30(46-47-49)28-16-15-17-29(45)21-28)26(4)33(51)24(2)22-41(6,56-11)37(27(5)36(53)42(7,44)39(54)58-32)59-38-34(52)31(48(9)10)20-25(3)57-38/h15-17,21,23-27,31-32,34-38,46-47,52-53H,12-14,18-20,22,45H2,1-11H3/t24-,25-,26+,27+,31+,32-,34-,35?,36+,37-,38?,41+,42+,43-/m1/s1. The maximum atomic E-state index is 17.0. The molecule has 14 atom stereocenters. The summed E-state index contributed by atoms with van der Waals surface area (Å²) in [7, 11) is 5.11. The first kappa shape index (κ1) is 47.5. The molecule has 16 nitrogen and oxygen atoms in total. The number of aliphatic hydroxyl groups excluding tert-OH is 2. The van der Waals surface area contributed by atoms with Gasteiger partial charge in [-0.2, -0.15) is 0 Å². The summed E-state index contributed by atoms with van der Waals surface area (Å²) in [6.07, 6.45) is -3.97. The third-order valence-corrected chi connectivity index (χ3v) is 13.3. The van der Waals surface area contributed by atoms with Crippen molar-refractivity contribution in [1.29, 1.82) is 0 Å². The van der Waals surface area contributed by atoms with Crippen LogP contribution in [0.15, 0.2) is 30.5 Å². The molecule has 4 aliphatic heterocycles. The molecule has 1 aromatic rings. The lowest BCUT2D eigenvalue weighted by Crippen LogP contribution is -2.62. The third-order valence-electron chi connectivity index (χ3n) is 13.3. The number of anilines is 1. The van der Waals surface area contributed by atoms with Crippen molar-refractivity contribution in [2.45, 2.75) is 153 Å². The number of amides is 1. The van der Waals surface area contributed by atoms with E-state index >= 15 is 4.39 Å². The Bertz CT molecular complexity index is 1720. The second-order valence-electron chi connectivity index (χ2n) is 18.1. The highest BCUT2D eigenvalue weighted by Gasteiger charge is 2.61. The number of carbonyl (C=O) groups excluding carboxylic acids is 3. The third kappa shape index (κ3) is 9.57. The van der Waals surface area contributed by atoms with Gasteiger partial charge in [0, 0.05) is 61.4 Å². The number of halogens is 1. The number of Topliss-reactive ketones (excluding diaryl/α,β-unsaturated/α-hetero) is 1. The van der Waals surface area contributed by atoms with E-state index in [0.717, 1.165) is 18.2 Å². The van der Waals surface area contributed by atoms with Crippen LogP contribution in [0.2, 0.25) is 0 Å². The number of benzene rings is 1. The number of alkyl halides is 1. The number of carbonyl (C=O) groups is 3. The highest BCUT2D eigenvalue weighted by atomic mass is 19.1. The van der Waals surface area contributed by atoms with Gasteiger partial charge in [0.1, 0.15) is 24.1 Å². The molecule has 0 bridgehead atoms. The van der Waals surface area contributed by atoms with Gasteiger partial charge in [-0.3, -0.25) is 9.80 Å². The van der Waals surface area contributed by atoms with Gasteiger partial charge in [-0.25, -0.2) is 14.0 Å². The molecule has 0 spiro atoms. The fourth-order valence-corrected chi connectivity index (χ4v) is 9.75. The molecule has 1 amide bonds. The van der Waals surface area contributed by atoms with Crippen molar-refractivity contribution in [3.8, 4) is 0 Å². The molecule has 60 heavy (non-hydrogen) atoms. The van der Waals surface area contributed by atoms with E-state index in [-0.39, 0.29) is 37.3 Å². The molecule has 0 aromatic heterocycles. The van der Waals surface area contributed by atoms with Gasteiger partial charge in [-0.05, 0) is 86.0 Å². The van der Waals surface area contributed by atoms with E-state index in [4.69, 9.17) is 29.4 Å². The van der Waals surface area contributed by atoms with Crippen LogP contribution in [0.25, 0.3) is 5.70 Å². The van der Waals surface area contributed by atoms with E-state index in [1.165, 1.54) is 18.9 Å². The van der Waals surface area contributed by atoms with Crippen LogP contribution in [0.1, 0.15) is 93.1 Å². The quantitative estimate of drug-likeness (QED) is 0.123. The molecule has 5 rings (SSSR count). The van der Waals surface area contributed by atoms with Gasteiger partial charge in [0.15, 0.2) is 11.9 Å². The van der Waals surface area contributed by atoms with Crippen molar-refractivity contribution in [2.75, 3.05) is 40.0 Å². The summed E-state index contributed by atoms with van der Waals surface area (Å²) in [6.45, 7) is 13.7. The van der Waals surface area contributed by atoms with Gasteiger partial charge in [0.05, 0.1) is 29.5 Å². The lowest BCUT2D eigenvalue weighted by atomic mass is 9.72. The van der Waals surface area contributed by atoms with Gasteiger partial charge in [-0.15, -0.1) is 5.53 Å². The summed E-state index contributed by atoms with van der Waals surface area (Å²) in [4.78, 5) is 46.0. The Hall–Kier alpha value is -3.58. The number of fused-ring (bicyclic) bond motifs is 1. The summed E-state index contributed by atoms with van der Waals surface area (Å²) in [5, 5.41) is 25.1. The molecule has 0 radical (unpaired) electrons. The van der Waals surface area contributed by atoms with Crippen molar-refractivity contribution in [2.24, 2.45) is 17.8 Å². The van der Waals surface area contributed by atoms with Crippen LogP contribution in [0, 0.1) is 17.8 Å². The fourth-order valence-electron chi connectivity index (χ4n) is 9.75. The number of likely N-dealkylation sites (N-methyl/N-ethyl adjacent to an activating group) is 1. The molecule has 338 valence electrons. The smallest absolute Gasteiger partial charge is 0.410 e. The number of ether oxygens (including phenoxy) is 5. The highest BCUT2D eigenvalue weighted by molar-refractivity contribution is 5.85. The predicted octanol–water partition coefficient (Wildman–Crippen LogP) is 3.76. The number of nitrogens with zero attached hydrogens (tertiary/aromatic N) is 3. The normalized spacial score (nSPS) is 39.5. The van der Waals surface area contributed by atoms with Crippen molar-refractivity contribution < 1.29 is 52.7 Å². The largest absolute Gasteiger partial charge is 0.456 e. The zero-order valence-corrected chi connectivity index (χ0v) is 37.1. The van der Waals surface area contributed by atoms with Gasteiger partial charge in [0.25, 0.3) is 0 Å². The number of nitrogen functional groups attached to an aromatic ring is 1. The number of esters is 1. The van der Waals surface area contributed by atoms with Crippen molar-refractivity contribution >= 4 is 29.2 Å². The number of hydrogen-bond acceptors (Lipinski definition) is 15. The Morgan fingerprint density at radius 3 is 2.38 bits per heavy atom. The Balaban J connectivity index is 1.44. The van der Waals surface area contributed by atoms with Gasteiger partial charge < -0.3 is 54.9 Å². The number of ketones is 1. The van der Waals surface area contributed by atoms with E-state index in [1.807, 2.05) is 61.4 Å². The number of cyclic esters (lactones) is 1. The summed E-state index contributed by atoms with van der Waals surface area (Å²) >= 11 is 0. The molecular weight excluding hydrogens is 780 g/mol. The van der Waals surface area contributed by atoms with Gasteiger partial charge in [0.2, 0.25) is 5.67 Å². The minimum absolute atomic E-state index is 0.0364. The van der Waals surface area contributed by atoms with E-state index in [1.54, 1.807) is 34.6 Å². The number of methoxy groups -OCH3 is 1. The number of hydrazine groups is 2. The average Bonchev–Trinajstić information content (AvgIpc) is 3.78. The van der Waals surface area contributed by atoms with Gasteiger partial charge in [-0.1, -0.05) is 39.8 Å². The van der Waals surface area contributed by atoms with E-state index in [2.05, 4.69) is 11.0 Å². The van der Waals surface area contributed by atoms with Crippen molar-refractivity contribution in [3.63, 3.8) is 0 Å². The summed E-state index contributed by atoms with van der Waals surface area (Å²) in [5.74, 6) is -4.30. The first-order valence-electron chi connectivity index (χ1n) is 21.3. The minimum atomic E-state index is -2.99. The van der Waals surface area contributed by atoms with Crippen LogP contribution in [0.4, 0.5) is 14.9 Å². The predicted molar refractivity (Wildman–Crippen MR) is 222 cm³/mol. The molecule has 4 aliphatic rings. The first-order chi connectivity index (χ1) is 28.1. The van der Waals surface area contributed by atoms with Gasteiger partial charge >= 0.3 is 12.1 Å². The topological polar surface area (TPSA) is 198 Å². The number of nitrogens with two attached hydrogens (primary N) is 1. The molecule has 3 saturated heterocycles. The van der Waals surface area contributed by atoms with Crippen molar-refractivity contribution in [1.82, 2.24) is 25.8 Å². The molecule has 3 fully saturated rings. The maximum absolute atomic E-state index is 17.0. The summed E-state index contributed by atoms with van der Waals surface area (Å²) in [6, 6.07) is 6.26. The summed E-state index contributed by atoms with van der Waals surface area (Å²) < 4.78 is 47.8. The average molecular weight is 849 g/mol. The number of aliphatic hydroxyl groups is 2. The van der Waals surface area contributed by atoms with Crippen molar-refractivity contribution in [3.05, 3.63) is 36.0 Å². The Labute approximate surface area is 354 Å². The Kier molecular flexibility index (Phi) is 14.9. The zero-order chi connectivity index (χ0) is 44.5. The van der Waals surface area contributed by atoms with Crippen LogP contribution < -0.4 is 16.7 Å². The Morgan fingerprint density at radius 2 is 1.75 bits per heavy atom. The molecule has 1 aromatic carbocycles. The molecule has 0 aliphatic carbocycles. The lowest BCUT2D eigenvalue weighted by Gasteiger charge is -2.48. The van der Waals surface area contributed by atoms with Crippen LogP contribution in [-0.4, -0.2) is 143 Å². The number of unbranched alkanes of at least 4 members (excludes halogenated alkanes) is 1. The van der Waals surface area contributed by atoms with Crippen LogP contribution >= 0.6 is 0 Å². The number of hydrogen-bond donors (Lipinski definition) is 5. The maximum Gasteiger partial charge on any atom is 0.410 e. The second kappa shape index (κ2) is 18.8. The van der Waals surface area contributed by atoms with E-state index in [9.17, 15) is 24.6 Å². The fraction of sp³-hybridized carbons (Fsp3) is 0.744. The number of nitrogens with one attached hydrogen (secondary N) is 2. The van der Waals surface area contributed by atoms with Crippen LogP contribution in [0.3, 0.4) is 0 Å². The van der Waals surface area contributed by atoms with E-state index < -0.39 is 83.4 Å². The Morgan fingerprint density at radius 1 is 1.07 bits per heavy atom. The van der Waals surface area contributed by atoms with Crippen LogP contribution in [-0.2, 0) is 33.3 Å². The number of rotatable bonds is 11. The molecule has 2 unspecified atom stereocenters. The molecule has 0 saturated carbocycles. The SMILES string of the molecule is CC[C@H]1OC(=O)[C@@](C)(F)[C@@H](O)[C@H](C)[C@@H](OC2O[C@H](C)C[C@H](N(C)C)[C@H]2O)[C@@](C)(OC)C[C@@H](C)C(=O)[C@H](C)C2N(CCCCN3C=C(c4cccc(N)c4)NN3)C(=O)O[C@@]21C. The van der Waals surface area contributed by atoms with E-state index in [0.29, 0.717) is 31.5 Å². The molecule has 6 N–H and O–H groups in total. The minimum Gasteiger partial charge on any atom is -0.456 e. The molecule has 4 heterocycles. The van der Waals surface area contributed by atoms with Crippen LogP contribution in [0.5, 0.6) is 0 Å².